The minimum atomic E-state index is -0.509. The van der Waals surface area contributed by atoms with Crippen molar-refractivity contribution < 1.29 is 14.4 Å². The van der Waals surface area contributed by atoms with Gasteiger partial charge in [-0.15, -0.1) is 21.5 Å². The summed E-state index contributed by atoms with van der Waals surface area (Å²) in [7, 11) is 0. The van der Waals surface area contributed by atoms with Crippen molar-refractivity contribution in [2.24, 2.45) is 0 Å². The molecule has 1 aliphatic rings. The van der Waals surface area contributed by atoms with Crippen molar-refractivity contribution in [3.05, 3.63) is 62.1 Å². The molecule has 1 aliphatic heterocycles. The third-order valence-electron chi connectivity index (χ3n) is 3.92. The van der Waals surface area contributed by atoms with E-state index in [4.69, 9.17) is 11.6 Å². The minimum Gasteiger partial charge on any atom is -0.299 e. The number of carbonyl (C=O) groups excluding carboxylic acids is 3. The van der Waals surface area contributed by atoms with E-state index in [1.54, 1.807) is 6.08 Å². The molecule has 0 saturated carbocycles. The number of benzene rings is 1. The lowest BCUT2D eigenvalue weighted by Gasteiger charge is -2.10. The molecule has 0 bridgehead atoms. The number of aromatic nitrogens is 2. The standard InChI is InChI=1S/C19H13ClN4O3S4/c20-12-5-3-11(4-6-12)10-29-18-23-22-17(31-18)21-15(25)9-24-16(26)14(30-19(24)27)8-13-2-1-7-28-13/h1-8H,9-10H2,(H,21,22,25)/b14-8-. The number of nitrogens with one attached hydrogen (secondary N) is 1. The first-order valence-corrected chi connectivity index (χ1v) is 12.6. The normalized spacial score (nSPS) is 15.1. The molecule has 31 heavy (non-hydrogen) atoms. The van der Waals surface area contributed by atoms with Crippen molar-refractivity contribution in [3.8, 4) is 0 Å². The molecule has 2 aromatic heterocycles. The van der Waals surface area contributed by atoms with Crippen LogP contribution in [-0.2, 0) is 15.3 Å². The van der Waals surface area contributed by atoms with E-state index in [0.29, 0.717) is 25.2 Å². The lowest BCUT2D eigenvalue weighted by atomic mass is 10.2. The molecule has 3 amide bonds. The molecular weight excluding hydrogens is 496 g/mol. The van der Waals surface area contributed by atoms with E-state index in [0.717, 1.165) is 27.1 Å². The Kier molecular flexibility index (Phi) is 7.08. The van der Waals surface area contributed by atoms with Gasteiger partial charge < -0.3 is 0 Å². The molecule has 1 N–H and O–H groups in total. The van der Waals surface area contributed by atoms with Crippen molar-refractivity contribution in [3.63, 3.8) is 0 Å². The molecule has 158 valence electrons. The van der Waals surface area contributed by atoms with Crippen LogP contribution < -0.4 is 5.32 Å². The lowest BCUT2D eigenvalue weighted by Crippen LogP contribution is -2.36. The van der Waals surface area contributed by atoms with E-state index < -0.39 is 17.1 Å². The van der Waals surface area contributed by atoms with E-state index in [2.05, 4.69) is 15.5 Å². The predicted molar refractivity (Wildman–Crippen MR) is 127 cm³/mol. The van der Waals surface area contributed by atoms with E-state index >= 15 is 0 Å². The fourth-order valence-electron chi connectivity index (χ4n) is 2.49. The fraction of sp³-hybridized carbons (Fsp3) is 0.105. The predicted octanol–water partition coefficient (Wildman–Crippen LogP) is 5.22. The molecule has 0 unspecified atom stereocenters. The molecule has 3 aromatic rings. The first kappa shape index (κ1) is 22.0. The van der Waals surface area contributed by atoms with E-state index in [9.17, 15) is 14.4 Å². The first-order chi connectivity index (χ1) is 15.0. The molecular formula is C19H13ClN4O3S4. The number of thioether (sulfide) groups is 2. The van der Waals surface area contributed by atoms with Crippen molar-refractivity contribution in [1.82, 2.24) is 15.1 Å². The average molecular weight is 509 g/mol. The molecule has 12 heteroatoms. The number of carbonyl (C=O) groups is 3. The fourth-order valence-corrected chi connectivity index (χ4v) is 5.90. The summed E-state index contributed by atoms with van der Waals surface area (Å²) in [5, 5.41) is 13.0. The SMILES string of the molecule is O=C(CN1C(=O)S/C(=C\c2cccs2)C1=O)Nc1nnc(SCc2ccc(Cl)cc2)s1. The van der Waals surface area contributed by atoms with Gasteiger partial charge in [0.2, 0.25) is 11.0 Å². The molecule has 0 atom stereocenters. The Labute approximate surface area is 198 Å². The Morgan fingerprint density at radius 3 is 2.74 bits per heavy atom. The van der Waals surface area contributed by atoms with Crippen molar-refractivity contribution >= 4 is 86.1 Å². The summed E-state index contributed by atoms with van der Waals surface area (Å²) < 4.78 is 0.690. The molecule has 0 aliphatic carbocycles. The maximum absolute atomic E-state index is 12.5. The van der Waals surface area contributed by atoms with Crippen LogP contribution >= 0.6 is 57.8 Å². The number of hydrogen-bond acceptors (Lipinski definition) is 9. The highest BCUT2D eigenvalue weighted by Gasteiger charge is 2.36. The summed E-state index contributed by atoms with van der Waals surface area (Å²) >= 11 is 10.9. The summed E-state index contributed by atoms with van der Waals surface area (Å²) in [6.45, 7) is -0.376. The number of imide groups is 1. The topological polar surface area (TPSA) is 92.3 Å². The molecule has 1 aromatic carbocycles. The Hall–Kier alpha value is -2.18. The monoisotopic (exact) mass is 508 g/mol. The minimum absolute atomic E-state index is 0.303. The highest BCUT2D eigenvalue weighted by Crippen LogP contribution is 2.33. The van der Waals surface area contributed by atoms with Crippen LogP contribution in [0.4, 0.5) is 9.93 Å². The molecule has 4 rings (SSSR count). The molecule has 0 spiro atoms. The van der Waals surface area contributed by atoms with Gasteiger partial charge in [-0.05, 0) is 47.0 Å². The van der Waals surface area contributed by atoms with Gasteiger partial charge in [0, 0.05) is 15.7 Å². The van der Waals surface area contributed by atoms with Gasteiger partial charge >= 0.3 is 0 Å². The molecule has 1 fully saturated rings. The van der Waals surface area contributed by atoms with Crippen molar-refractivity contribution in [1.29, 1.82) is 0 Å². The van der Waals surface area contributed by atoms with Crippen LogP contribution in [0.3, 0.4) is 0 Å². The Morgan fingerprint density at radius 2 is 2.00 bits per heavy atom. The van der Waals surface area contributed by atoms with E-state index in [-0.39, 0.29) is 6.54 Å². The van der Waals surface area contributed by atoms with Gasteiger partial charge in [-0.25, -0.2) is 0 Å². The third-order valence-corrected chi connectivity index (χ3v) is 7.94. The van der Waals surface area contributed by atoms with Crippen LogP contribution in [0.5, 0.6) is 0 Å². The van der Waals surface area contributed by atoms with Crippen LogP contribution in [0.15, 0.2) is 51.0 Å². The zero-order valence-electron chi connectivity index (χ0n) is 15.6. The number of amides is 3. The van der Waals surface area contributed by atoms with Crippen LogP contribution in [0, 0.1) is 0 Å². The van der Waals surface area contributed by atoms with Gasteiger partial charge in [0.25, 0.3) is 11.1 Å². The number of halogens is 1. The summed E-state index contributed by atoms with van der Waals surface area (Å²) in [6.07, 6.45) is 1.66. The molecule has 1 saturated heterocycles. The van der Waals surface area contributed by atoms with Crippen LogP contribution in [0.25, 0.3) is 6.08 Å². The summed E-state index contributed by atoms with van der Waals surface area (Å²) in [4.78, 5) is 39.1. The smallest absolute Gasteiger partial charge is 0.294 e. The Morgan fingerprint density at radius 1 is 1.19 bits per heavy atom. The number of rotatable bonds is 7. The molecule has 3 heterocycles. The van der Waals surface area contributed by atoms with Gasteiger partial charge in [-0.2, -0.15) is 0 Å². The average Bonchev–Trinajstić information content (AvgIpc) is 3.47. The number of anilines is 1. The van der Waals surface area contributed by atoms with Crippen molar-refractivity contribution in [2.75, 3.05) is 11.9 Å². The van der Waals surface area contributed by atoms with E-state index in [1.165, 1.54) is 34.4 Å². The van der Waals surface area contributed by atoms with Gasteiger partial charge in [0.05, 0.1) is 4.91 Å². The second kappa shape index (κ2) is 9.96. The van der Waals surface area contributed by atoms with E-state index in [1.807, 2.05) is 41.8 Å². The Balaban J connectivity index is 1.31. The lowest BCUT2D eigenvalue weighted by molar-refractivity contribution is -0.127. The second-order valence-corrected chi connectivity index (χ2v) is 10.7. The second-order valence-electron chi connectivity index (χ2n) is 6.12. The van der Waals surface area contributed by atoms with Crippen LogP contribution in [0.2, 0.25) is 5.02 Å². The van der Waals surface area contributed by atoms with Gasteiger partial charge in [0.1, 0.15) is 6.54 Å². The van der Waals surface area contributed by atoms with Gasteiger partial charge in [-0.1, -0.05) is 52.9 Å². The number of nitrogens with zero attached hydrogens (tertiary/aromatic N) is 3. The highest BCUT2D eigenvalue weighted by atomic mass is 35.5. The third kappa shape index (κ3) is 5.74. The quantitative estimate of drug-likeness (QED) is 0.265. The zero-order valence-corrected chi connectivity index (χ0v) is 19.6. The maximum Gasteiger partial charge on any atom is 0.294 e. The molecule has 7 nitrogen and oxygen atoms in total. The van der Waals surface area contributed by atoms with Gasteiger partial charge in [0.15, 0.2) is 4.34 Å². The largest absolute Gasteiger partial charge is 0.299 e. The number of hydrogen-bond donors (Lipinski definition) is 1. The summed E-state index contributed by atoms with van der Waals surface area (Å²) in [6, 6.07) is 11.2. The summed E-state index contributed by atoms with van der Waals surface area (Å²) in [5.74, 6) is -0.298. The van der Waals surface area contributed by atoms with Crippen molar-refractivity contribution in [2.45, 2.75) is 10.1 Å². The Bertz CT molecular complexity index is 1150. The number of thiophene rings is 1. The zero-order chi connectivity index (χ0) is 21.8. The first-order valence-electron chi connectivity index (χ1n) is 8.77. The summed E-state index contributed by atoms with van der Waals surface area (Å²) in [5.41, 5.74) is 1.09. The highest BCUT2D eigenvalue weighted by molar-refractivity contribution is 8.18. The molecule has 0 radical (unpaired) electrons. The van der Waals surface area contributed by atoms with Crippen LogP contribution in [0.1, 0.15) is 10.4 Å². The van der Waals surface area contributed by atoms with Gasteiger partial charge in [-0.3, -0.25) is 24.6 Å². The maximum atomic E-state index is 12.5. The van der Waals surface area contributed by atoms with Crippen LogP contribution in [-0.4, -0.2) is 38.7 Å².